The lowest BCUT2D eigenvalue weighted by atomic mass is 10.1. The van der Waals surface area contributed by atoms with E-state index < -0.39 is 0 Å². The molecule has 0 aliphatic heterocycles. The molecule has 2 nitrogen and oxygen atoms in total. The largest absolute Gasteiger partial charge is 0.463 e. The SMILES string of the molecule is CCCNCc1ccc(-c2occc2Br)cc1Cl. The van der Waals surface area contributed by atoms with Gasteiger partial charge < -0.3 is 9.73 Å². The summed E-state index contributed by atoms with van der Waals surface area (Å²) in [6.45, 7) is 3.94. The first-order chi connectivity index (χ1) is 8.72. The van der Waals surface area contributed by atoms with Crippen molar-refractivity contribution in [2.75, 3.05) is 6.54 Å². The topological polar surface area (TPSA) is 25.2 Å². The lowest BCUT2D eigenvalue weighted by Crippen LogP contribution is -2.13. The van der Waals surface area contributed by atoms with E-state index in [1.54, 1.807) is 6.26 Å². The van der Waals surface area contributed by atoms with Gasteiger partial charge >= 0.3 is 0 Å². The molecular formula is C14H15BrClNO. The Balaban J connectivity index is 2.17. The molecule has 0 aliphatic rings. The summed E-state index contributed by atoms with van der Waals surface area (Å²) < 4.78 is 6.36. The molecule has 96 valence electrons. The van der Waals surface area contributed by atoms with Crippen LogP contribution in [-0.4, -0.2) is 6.54 Å². The van der Waals surface area contributed by atoms with E-state index in [4.69, 9.17) is 16.0 Å². The van der Waals surface area contributed by atoms with Crippen LogP contribution in [-0.2, 0) is 6.54 Å². The molecule has 2 rings (SSSR count). The van der Waals surface area contributed by atoms with Gasteiger partial charge in [0.2, 0.25) is 0 Å². The highest BCUT2D eigenvalue weighted by molar-refractivity contribution is 9.10. The number of rotatable bonds is 5. The number of hydrogen-bond donors (Lipinski definition) is 1. The first-order valence-corrected chi connectivity index (χ1v) is 7.12. The van der Waals surface area contributed by atoms with Crippen LogP contribution in [0.5, 0.6) is 0 Å². The van der Waals surface area contributed by atoms with E-state index in [0.717, 1.165) is 45.9 Å². The molecule has 0 radical (unpaired) electrons. The normalized spacial score (nSPS) is 10.8. The molecule has 4 heteroatoms. The highest BCUT2D eigenvalue weighted by Crippen LogP contribution is 2.31. The van der Waals surface area contributed by atoms with Crippen molar-refractivity contribution in [1.82, 2.24) is 5.32 Å². The van der Waals surface area contributed by atoms with Gasteiger partial charge in [0.05, 0.1) is 10.7 Å². The van der Waals surface area contributed by atoms with Crippen molar-refractivity contribution in [2.45, 2.75) is 19.9 Å². The molecule has 1 aromatic carbocycles. The Morgan fingerprint density at radius 3 is 2.78 bits per heavy atom. The van der Waals surface area contributed by atoms with Gasteiger partial charge in [0.25, 0.3) is 0 Å². The molecule has 2 aromatic rings. The van der Waals surface area contributed by atoms with E-state index in [9.17, 15) is 0 Å². The molecule has 0 unspecified atom stereocenters. The lowest BCUT2D eigenvalue weighted by molar-refractivity contribution is 0.581. The maximum Gasteiger partial charge on any atom is 0.148 e. The average molecular weight is 329 g/mol. The minimum absolute atomic E-state index is 0.763. The summed E-state index contributed by atoms with van der Waals surface area (Å²) >= 11 is 9.73. The van der Waals surface area contributed by atoms with E-state index >= 15 is 0 Å². The van der Waals surface area contributed by atoms with Crippen LogP contribution in [0.15, 0.2) is 39.4 Å². The van der Waals surface area contributed by atoms with Gasteiger partial charge in [-0.2, -0.15) is 0 Å². The maximum atomic E-state index is 6.28. The van der Waals surface area contributed by atoms with Gasteiger partial charge in [-0.05, 0) is 46.6 Å². The first kappa shape index (κ1) is 13.7. The highest BCUT2D eigenvalue weighted by Gasteiger charge is 2.09. The molecule has 18 heavy (non-hydrogen) atoms. The van der Waals surface area contributed by atoms with Gasteiger partial charge in [-0.15, -0.1) is 0 Å². The van der Waals surface area contributed by atoms with Crippen LogP contribution in [0, 0.1) is 0 Å². The van der Waals surface area contributed by atoms with Crippen LogP contribution in [0.4, 0.5) is 0 Å². The Labute approximate surface area is 120 Å². The molecule has 1 heterocycles. The zero-order valence-corrected chi connectivity index (χ0v) is 12.5. The molecule has 0 saturated heterocycles. The zero-order chi connectivity index (χ0) is 13.0. The van der Waals surface area contributed by atoms with Crippen LogP contribution >= 0.6 is 27.5 Å². The second-order valence-electron chi connectivity index (χ2n) is 4.08. The first-order valence-electron chi connectivity index (χ1n) is 5.95. The van der Waals surface area contributed by atoms with Crippen LogP contribution in [0.25, 0.3) is 11.3 Å². The number of halogens is 2. The number of furan rings is 1. The minimum Gasteiger partial charge on any atom is -0.463 e. The van der Waals surface area contributed by atoms with Crippen molar-refractivity contribution in [1.29, 1.82) is 0 Å². The van der Waals surface area contributed by atoms with Gasteiger partial charge in [-0.3, -0.25) is 0 Å². The number of nitrogens with one attached hydrogen (secondary N) is 1. The summed E-state index contributed by atoms with van der Waals surface area (Å²) in [7, 11) is 0. The molecule has 0 saturated carbocycles. The fourth-order valence-corrected chi connectivity index (χ4v) is 2.41. The van der Waals surface area contributed by atoms with Crippen LogP contribution < -0.4 is 5.32 Å². The molecule has 0 bridgehead atoms. The molecule has 0 fully saturated rings. The summed E-state index contributed by atoms with van der Waals surface area (Å²) in [4.78, 5) is 0. The van der Waals surface area contributed by atoms with Crippen molar-refractivity contribution in [3.8, 4) is 11.3 Å². The second kappa shape index (κ2) is 6.41. The lowest BCUT2D eigenvalue weighted by Gasteiger charge is -2.07. The Morgan fingerprint density at radius 2 is 2.17 bits per heavy atom. The zero-order valence-electron chi connectivity index (χ0n) is 10.2. The van der Waals surface area contributed by atoms with E-state index in [2.05, 4.69) is 28.2 Å². The summed E-state index contributed by atoms with van der Waals surface area (Å²) in [6, 6.07) is 7.88. The fraction of sp³-hybridized carbons (Fsp3) is 0.286. The van der Waals surface area contributed by atoms with E-state index in [0.29, 0.717) is 0 Å². The standard InChI is InChI=1S/C14H15BrClNO/c1-2-6-17-9-11-4-3-10(8-13(11)16)14-12(15)5-7-18-14/h3-5,7-8,17H,2,6,9H2,1H3. The number of benzene rings is 1. The third-order valence-electron chi connectivity index (χ3n) is 2.67. The quantitative estimate of drug-likeness (QED) is 0.793. The average Bonchev–Trinajstić information content (AvgIpc) is 2.78. The second-order valence-corrected chi connectivity index (χ2v) is 5.34. The summed E-state index contributed by atoms with van der Waals surface area (Å²) in [5.41, 5.74) is 2.09. The monoisotopic (exact) mass is 327 g/mol. The van der Waals surface area contributed by atoms with Crippen molar-refractivity contribution in [3.63, 3.8) is 0 Å². The summed E-state index contributed by atoms with van der Waals surface area (Å²) in [6.07, 6.45) is 2.78. The molecule has 1 aromatic heterocycles. The molecule has 0 aliphatic carbocycles. The molecule has 0 atom stereocenters. The summed E-state index contributed by atoms with van der Waals surface area (Å²) in [5, 5.41) is 4.10. The van der Waals surface area contributed by atoms with E-state index in [1.165, 1.54) is 0 Å². The molecule has 1 N–H and O–H groups in total. The van der Waals surface area contributed by atoms with Gasteiger partial charge in [0.15, 0.2) is 0 Å². The smallest absolute Gasteiger partial charge is 0.148 e. The number of hydrogen-bond acceptors (Lipinski definition) is 2. The Morgan fingerprint density at radius 1 is 1.33 bits per heavy atom. The fourth-order valence-electron chi connectivity index (χ4n) is 1.73. The van der Waals surface area contributed by atoms with Crippen molar-refractivity contribution in [3.05, 3.63) is 45.6 Å². The van der Waals surface area contributed by atoms with Crippen LogP contribution in [0.3, 0.4) is 0 Å². The Bertz CT molecular complexity index is 524. The Kier molecular flexibility index (Phi) is 4.87. The third kappa shape index (κ3) is 3.16. The summed E-state index contributed by atoms with van der Waals surface area (Å²) in [5.74, 6) is 0.810. The third-order valence-corrected chi connectivity index (χ3v) is 3.65. The van der Waals surface area contributed by atoms with Crippen molar-refractivity contribution < 1.29 is 4.42 Å². The van der Waals surface area contributed by atoms with Gasteiger partial charge in [0, 0.05) is 17.1 Å². The van der Waals surface area contributed by atoms with E-state index in [1.807, 2.05) is 24.3 Å². The van der Waals surface area contributed by atoms with Gasteiger partial charge in [-0.1, -0.05) is 30.7 Å². The van der Waals surface area contributed by atoms with Crippen LogP contribution in [0.1, 0.15) is 18.9 Å². The molecule has 0 spiro atoms. The minimum atomic E-state index is 0.763. The maximum absolute atomic E-state index is 6.28. The predicted molar refractivity (Wildman–Crippen MR) is 78.9 cm³/mol. The van der Waals surface area contributed by atoms with E-state index in [-0.39, 0.29) is 0 Å². The molecular weight excluding hydrogens is 314 g/mol. The van der Waals surface area contributed by atoms with Gasteiger partial charge in [-0.25, -0.2) is 0 Å². The highest BCUT2D eigenvalue weighted by atomic mass is 79.9. The van der Waals surface area contributed by atoms with Crippen LogP contribution in [0.2, 0.25) is 5.02 Å². The Hall–Kier alpha value is -0.770. The van der Waals surface area contributed by atoms with Gasteiger partial charge in [0.1, 0.15) is 5.76 Å². The van der Waals surface area contributed by atoms with Crippen molar-refractivity contribution in [2.24, 2.45) is 0 Å². The van der Waals surface area contributed by atoms with Crippen molar-refractivity contribution >= 4 is 27.5 Å². The molecule has 0 amide bonds. The predicted octanol–water partition coefficient (Wildman–Crippen LogP) is 4.86.